The van der Waals surface area contributed by atoms with Gasteiger partial charge in [0, 0.05) is 18.1 Å². The van der Waals surface area contributed by atoms with Crippen LogP contribution < -0.4 is 0 Å². The van der Waals surface area contributed by atoms with Gasteiger partial charge in [-0.05, 0) is 42.5 Å². The van der Waals surface area contributed by atoms with Gasteiger partial charge in [-0.3, -0.25) is 4.90 Å². The summed E-state index contributed by atoms with van der Waals surface area (Å²) in [6.45, 7) is 2.87. The van der Waals surface area contributed by atoms with Gasteiger partial charge in [-0.1, -0.05) is 35.9 Å². The summed E-state index contributed by atoms with van der Waals surface area (Å²) in [6, 6.07) is 12.0. The summed E-state index contributed by atoms with van der Waals surface area (Å²) in [4.78, 5) is 3.45. The largest absolute Gasteiger partial charge is 0.420 e. The first-order valence-corrected chi connectivity index (χ1v) is 9.38. The normalized spacial score (nSPS) is 18.8. The van der Waals surface area contributed by atoms with Crippen molar-refractivity contribution in [1.29, 1.82) is 0 Å². The molecule has 24 heavy (non-hydrogen) atoms. The Morgan fingerprint density at radius 3 is 2.96 bits per heavy atom. The highest BCUT2D eigenvalue weighted by molar-refractivity contribution is 7.13. The Hall–Kier alpha value is -1.69. The van der Waals surface area contributed by atoms with Crippen LogP contribution in [-0.4, -0.2) is 28.2 Å². The van der Waals surface area contributed by atoms with Crippen molar-refractivity contribution in [3.05, 3.63) is 58.3 Å². The average Bonchev–Trinajstić information content (AvgIpc) is 3.28. The minimum atomic E-state index is 0.294. The van der Waals surface area contributed by atoms with E-state index in [0.29, 0.717) is 11.8 Å². The molecule has 1 aromatic carbocycles. The molecule has 1 aliphatic heterocycles. The Morgan fingerprint density at radius 2 is 2.12 bits per heavy atom. The van der Waals surface area contributed by atoms with Crippen LogP contribution in [0.3, 0.4) is 0 Å². The quantitative estimate of drug-likeness (QED) is 0.669. The molecule has 0 bridgehead atoms. The van der Waals surface area contributed by atoms with Gasteiger partial charge in [0.15, 0.2) is 0 Å². The maximum absolute atomic E-state index is 6.29. The molecule has 1 fully saturated rings. The van der Waals surface area contributed by atoms with E-state index in [0.717, 1.165) is 48.3 Å². The fourth-order valence-electron chi connectivity index (χ4n) is 3.17. The summed E-state index contributed by atoms with van der Waals surface area (Å²) < 4.78 is 5.93. The Balaban J connectivity index is 1.46. The highest BCUT2D eigenvalue weighted by Crippen LogP contribution is 2.31. The van der Waals surface area contributed by atoms with Gasteiger partial charge < -0.3 is 4.42 Å². The van der Waals surface area contributed by atoms with Crippen LogP contribution in [0.15, 0.2) is 46.2 Å². The number of likely N-dealkylation sites (tertiary alicyclic amines) is 1. The standard InChI is InChI=1S/C18H18ClN3OS/c19-15-7-2-1-5-13(15)11-22-9-3-6-14(12-22)17-20-21-18(23-17)16-8-4-10-24-16/h1-2,4-5,7-8,10,14H,3,6,9,11-12H2/t14-/m0/s1. The molecular formula is C18H18ClN3OS. The number of nitrogens with zero attached hydrogens (tertiary/aromatic N) is 3. The zero-order chi connectivity index (χ0) is 16.4. The monoisotopic (exact) mass is 359 g/mol. The second-order valence-electron chi connectivity index (χ2n) is 6.09. The third-order valence-corrected chi connectivity index (χ3v) is 5.61. The van der Waals surface area contributed by atoms with E-state index in [4.69, 9.17) is 16.0 Å². The summed E-state index contributed by atoms with van der Waals surface area (Å²) in [5.41, 5.74) is 1.17. The van der Waals surface area contributed by atoms with Crippen molar-refractivity contribution >= 4 is 22.9 Å². The molecule has 0 spiro atoms. The average molecular weight is 360 g/mol. The molecule has 0 N–H and O–H groups in total. The molecule has 3 heterocycles. The summed E-state index contributed by atoms with van der Waals surface area (Å²) in [5, 5.41) is 11.4. The van der Waals surface area contributed by atoms with E-state index in [1.165, 1.54) is 5.56 Å². The predicted octanol–water partition coefficient (Wildman–Crippen LogP) is 4.83. The van der Waals surface area contributed by atoms with E-state index in [9.17, 15) is 0 Å². The molecule has 0 radical (unpaired) electrons. The third-order valence-electron chi connectivity index (χ3n) is 4.38. The van der Waals surface area contributed by atoms with Crippen LogP contribution in [0.5, 0.6) is 0 Å². The van der Waals surface area contributed by atoms with Crippen LogP contribution in [0.1, 0.15) is 30.2 Å². The van der Waals surface area contributed by atoms with Crippen LogP contribution in [-0.2, 0) is 6.54 Å². The van der Waals surface area contributed by atoms with Crippen molar-refractivity contribution < 1.29 is 4.42 Å². The van der Waals surface area contributed by atoms with Gasteiger partial charge in [-0.15, -0.1) is 21.5 Å². The molecule has 4 rings (SSSR count). The van der Waals surface area contributed by atoms with Crippen molar-refractivity contribution in [2.24, 2.45) is 0 Å². The van der Waals surface area contributed by atoms with Crippen LogP contribution >= 0.6 is 22.9 Å². The second kappa shape index (κ2) is 7.05. The highest BCUT2D eigenvalue weighted by Gasteiger charge is 2.26. The van der Waals surface area contributed by atoms with Gasteiger partial charge in [0.2, 0.25) is 5.89 Å². The summed E-state index contributed by atoms with van der Waals surface area (Å²) in [7, 11) is 0. The second-order valence-corrected chi connectivity index (χ2v) is 7.44. The molecule has 0 amide bonds. The molecule has 124 valence electrons. The number of piperidine rings is 1. The minimum Gasteiger partial charge on any atom is -0.420 e. The highest BCUT2D eigenvalue weighted by atomic mass is 35.5. The number of benzene rings is 1. The molecule has 4 nitrogen and oxygen atoms in total. The van der Waals surface area contributed by atoms with Crippen molar-refractivity contribution in [2.75, 3.05) is 13.1 Å². The lowest BCUT2D eigenvalue weighted by Crippen LogP contribution is -2.34. The lowest BCUT2D eigenvalue weighted by Gasteiger charge is -2.31. The molecular weight excluding hydrogens is 342 g/mol. The van der Waals surface area contributed by atoms with Gasteiger partial charge in [-0.2, -0.15) is 0 Å². The van der Waals surface area contributed by atoms with Crippen LogP contribution in [0, 0.1) is 0 Å². The Bertz CT molecular complexity index is 802. The van der Waals surface area contributed by atoms with E-state index in [1.54, 1.807) is 11.3 Å². The predicted molar refractivity (Wildman–Crippen MR) is 96.3 cm³/mol. The molecule has 6 heteroatoms. The SMILES string of the molecule is Clc1ccccc1CN1CCC[C@H](c2nnc(-c3cccs3)o2)C1. The fraction of sp³-hybridized carbons (Fsp3) is 0.333. The fourth-order valence-corrected chi connectivity index (χ4v) is 4.01. The van der Waals surface area contributed by atoms with Crippen LogP contribution in [0.2, 0.25) is 5.02 Å². The van der Waals surface area contributed by atoms with Gasteiger partial charge in [0.05, 0.1) is 10.8 Å². The smallest absolute Gasteiger partial charge is 0.257 e. The van der Waals surface area contributed by atoms with Gasteiger partial charge >= 0.3 is 0 Å². The van der Waals surface area contributed by atoms with Crippen LogP contribution in [0.4, 0.5) is 0 Å². The minimum absolute atomic E-state index is 0.294. The lowest BCUT2D eigenvalue weighted by molar-refractivity contribution is 0.186. The molecule has 1 atom stereocenters. The maximum atomic E-state index is 6.29. The summed E-state index contributed by atoms with van der Waals surface area (Å²) >= 11 is 7.91. The van der Waals surface area contributed by atoms with E-state index < -0.39 is 0 Å². The topological polar surface area (TPSA) is 42.2 Å². The molecule has 1 saturated heterocycles. The Kier molecular flexibility index (Phi) is 4.65. The van der Waals surface area contributed by atoms with Crippen LogP contribution in [0.25, 0.3) is 10.8 Å². The first kappa shape index (κ1) is 15.8. The van der Waals surface area contributed by atoms with E-state index in [2.05, 4.69) is 21.2 Å². The first-order chi connectivity index (χ1) is 11.8. The zero-order valence-corrected chi connectivity index (χ0v) is 14.8. The van der Waals surface area contributed by atoms with E-state index >= 15 is 0 Å². The summed E-state index contributed by atoms with van der Waals surface area (Å²) in [6.07, 6.45) is 2.22. The number of thiophene rings is 1. The molecule has 2 aromatic heterocycles. The lowest BCUT2D eigenvalue weighted by atomic mass is 9.97. The maximum Gasteiger partial charge on any atom is 0.257 e. The number of halogens is 1. The first-order valence-electron chi connectivity index (χ1n) is 8.12. The Morgan fingerprint density at radius 1 is 1.21 bits per heavy atom. The van der Waals surface area contributed by atoms with Gasteiger partial charge in [0.25, 0.3) is 5.89 Å². The molecule has 0 saturated carbocycles. The Labute approximate surface area is 150 Å². The van der Waals surface area contributed by atoms with Gasteiger partial charge in [-0.25, -0.2) is 0 Å². The molecule has 0 unspecified atom stereocenters. The number of hydrogen-bond donors (Lipinski definition) is 0. The number of aromatic nitrogens is 2. The van der Waals surface area contributed by atoms with Crippen molar-refractivity contribution in [1.82, 2.24) is 15.1 Å². The van der Waals surface area contributed by atoms with Crippen molar-refractivity contribution in [3.8, 4) is 10.8 Å². The molecule has 0 aliphatic carbocycles. The third kappa shape index (κ3) is 3.38. The van der Waals surface area contributed by atoms with E-state index in [-0.39, 0.29) is 0 Å². The van der Waals surface area contributed by atoms with Crippen molar-refractivity contribution in [3.63, 3.8) is 0 Å². The zero-order valence-electron chi connectivity index (χ0n) is 13.2. The number of hydrogen-bond acceptors (Lipinski definition) is 5. The number of rotatable bonds is 4. The molecule has 3 aromatic rings. The van der Waals surface area contributed by atoms with Crippen molar-refractivity contribution in [2.45, 2.75) is 25.3 Å². The van der Waals surface area contributed by atoms with E-state index in [1.807, 2.05) is 35.7 Å². The summed E-state index contributed by atoms with van der Waals surface area (Å²) in [5.74, 6) is 1.67. The van der Waals surface area contributed by atoms with Gasteiger partial charge in [0.1, 0.15) is 0 Å². The molecule has 1 aliphatic rings.